The van der Waals surface area contributed by atoms with Crippen LogP contribution >= 0.6 is 11.6 Å². The van der Waals surface area contributed by atoms with E-state index in [0.29, 0.717) is 18.0 Å². The molecule has 0 saturated heterocycles. The van der Waals surface area contributed by atoms with Gasteiger partial charge in [-0.3, -0.25) is 4.68 Å². The van der Waals surface area contributed by atoms with E-state index in [4.69, 9.17) is 11.6 Å². The van der Waals surface area contributed by atoms with Gasteiger partial charge < -0.3 is 5.32 Å². The normalized spacial score (nSPS) is 12.7. The van der Waals surface area contributed by atoms with Gasteiger partial charge in [0.2, 0.25) is 0 Å². The minimum Gasteiger partial charge on any atom is -0.316 e. The third kappa shape index (κ3) is 3.60. The van der Waals surface area contributed by atoms with Gasteiger partial charge in [0.15, 0.2) is 11.6 Å². The number of aromatic nitrogens is 2. The van der Waals surface area contributed by atoms with Crippen LogP contribution in [0.1, 0.15) is 16.8 Å². The summed E-state index contributed by atoms with van der Waals surface area (Å²) in [6.07, 6.45) is 1.26. The SMILES string of the molecule is CNC(Cc1ccc(F)c(F)c1)Cc1c(C)nn(C)c1Cl. The van der Waals surface area contributed by atoms with E-state index in [1.54, 1.807) is 17.8 Å². The van der Waals surface area contributed by atoms with Gasteiger partial charge in [-0.15, -0.1) is 0 Å². The molecule has 0 amide bonds. The van der Waals surface area contributed by atoms with Crippen molar-refractivity contribution < 1.29 is 8.78 Å². The number of nitrogens with one attached hydrogen (secondary N) is 1. The van der Waals surface area contributed by atoms with Crippen LogP contribution in [0.4, 0.5) is 8.78 Å². The number of halogens is 3. The predicted molar refractivity (Wildman–Crippen MR) is 79.6 cm³/mol. The van der Waals surface area contributed by atoms with E-state index in [1.165, 1.54) is 6.07 Å². The molecule has 0 fully saturated rings. The van der Waals surface area contributed by atoms with Gasteiger partial charge in [-0.1, -0.05) is 17.7 Å². The van der Waals surface area contributed by atoms with Crippen LogP contribution in [0.2, 0.25) is 5.15 Å². The lowest BCUT2D eigenvalue weighted by atomic mass is 9.99. The molecular weight excluding hydrogens is 296 g/mol. The zero-order chi connectivity index (χ0) is 15.6. The van der Waals surface area contributed by atoms with Crippen LogP contribution in [0.3, 0.4) is 0 Å². The number of hydrogen-bond acceptors (Lipinski definition) is 2. The molecule has 1 unspecified atom stereocenters. The molecule has 0 saturated carbocycles. The molecule has 21 heavy (non-hydrogen) atoms. The van der Waals surface area contributed by atoms with Crippen LogP contribution in [-0.2, 0) is 19.9 Å². The average Bonchev–Trinajstić information content (AvgIpc) is 2.68. The van der Waals surface area contributed by atoms with E-state index in [0.717, 1.165) is 22.9 Å². The number of aryl methyl sites for hydroxylation is 2. The first-order valence-electron chi connectivity index (χ1n) is 6.71. The van der Waals surface area contributed by atoms with Crippen molar-refractivity contribution in [3.05, 3.63) is 51.8 Å². The quantitative estimate of drug-likeness (QED) is 0.919. The Balaban J connectivity index is 2.14. The van der Waals surface area contributed by atoms with Gasteiger partial charge in [0.25, 0.3) is 0 Å². The van der Waals surface area contributed by atoms with Crippen LogP contribution in [0.15, 0.2) is 18.2 Å². The van der Waals surface area contributed by atoms with Crippen molar-refractivity contribution in [3.8, 4) is 0 Å². The van der Waals surface area contributed by atoms with Crippen molar-refractivity contribution in [2.24, 2.45) is 7.05 Å². The molecule has 0 aliphatic rings. The summed E-state index contributed by atoms with van der Waals surface area (Å²) in [4.78, 5) is 0. The highest BCUT2D eigenvalue weighted by atomic mass is 35.5. The summed E-state index contributed by atoms with van der Waals surface area (Å²) >= 11 is 6.23. The first-order valence-corrected chi connectivity index (χ1v) is 7.09. The molecule has 1 N–H and O–H groups in total. The summed E-state index contributed by atoms with van der Waals surface area (Å²) in [5, 5.41) is 8.07. The second-order valence-corrected chi connectivity index (χ2v) is 5.48. The maximum absolute atomic E-state index is 13.3. The molecule has 2 aromatic rings. The molecule has 0 aliphatic carbocycles. The van der Waals surface area contributed by atoms with Crippen LogP contribution < -0.4 is 5.32 Å². The summed E-state index contributed by atoms with van der Waals surface area (Å²) in [5.74, 6) is -1.65. The molecule has 0 bridgehead atoms. The second kappa shape index (κ2) is 6.54. The Bertz CT molecular complexity index is 640. The van der Waals surface area contributed by atoms with Crippen molar-refractivity contribution in [1.82, 2.24) is 15.1 Å². The monoisotopic (exact) mass is 313 g/mol. The zero-order valence-electron chi connectivity index (χ0n) is 12.3. The van der Waals surface area contributed by atoms with Gasteiger partial charge in [0, 0.05) is 18.7 Å². The summed E-state index contributed by atoms with van der Waals surface area (Å²) < 4.78 is 27.9. The highest BCUT2D eigenvalue weighted by Gasteiger charge is 2.17. The highest BCUT2D eigenvalue weighted by Crippen LogP contribution is 2.21. The summed E-state index contributed by atoms with van der Waals surface area (Å²) in [6.45, 7) is 1.91. The lowest BCUT2D eigenvalue weighted by molar-refractivity contribution is 0.503. The minimum absolute atomic E-state index is 0.0651. The lowest BCUT2D eigenvalue weighted by Gasteiger charge is -2.16. The largest absolute Gasteiger partial charge is 0.316 e. The fraction of sp³-hybridized carbons (Fsp3) is 0.400. The smallest absolute Gasteiger partial charge is 0.159 e. The van der Waals surface area contributed by atoms with E-state index in [-0.39, 0.29) is 6.04 Å². The third-order valence-corrected chi connectivity index (χ3v) is 4.07. The van der Waals surface area contributed by atoms with Gasteiger partial charge >= 0.3 is 0 Å². The molecule has 1 aromatic carbocycles. The molecule has 2 rings (SSSR count). The molecule has 0 radical (unpaired) electrons. The van der Waals surface area contributed by atoms with Crippen LogP contribution in [0.25, 0.3) is 0 Å². The Kier molecular flexibility index (Phi) is 4.96. The zero-order valence-corrected chi connectivity index (χ0v) is 13.0. The van der Waals surface area contributed by atoms with Crippen molar-refractivity contribution in [2.45, 2.75) is 25.8 Å². The van der Waals surface area contributed by atoms with Gasteiger partial charge in [0.05, 0.1) is 5.69 Å². The van der Waals surface area contributed by atoms with E-state index in [1.807, 2.05) is 14.0 Å². The van der Waals surface area contributed by atoms with Gasteiger partial charge in [0.1, 0.15) is 5.15 Å². The fourth-order valence-electron chi connectivity index (χ4n) is 2.38. The van der Waals surface area contributed by atoms with Crippen molar-refractivity contribution in [2.75, 3.05) is 7.05 Å². The Morgan fingerprint density at radius 3 is 2.52 bits per heavy atom. The third-order valence-electron chi connectivity index (χ3n) is 3.59. The maximum Gasteiger partial charge on any atom is 0.159 e. The topological polar surface area (TPSA) is 29.9 Å². The molecule has 114 valence electrons. The summed E-state index contributed by atoms with van der Waals surface area (Å²) in [6, 6.07) is 4.05. The number of nitrogens with zero attached hydrogens (tertiary/aromatic N) is 2. The molecule has 3 nitrogen and oxygen atoms in total. The van der Waals surface area contributed by atoms with Gasteiger partial charge in [-0.05, 0) is 44.5 Å². The second-order valence-electron chi connectivity index (χ2n) is 5.12. The van der Waals surface area contributed by atoms with Crippen molar-refractivity contribution in [3.63, 3.8) is 0 Å². The number of hydrogen-bond donors (Lipinski definition) is 1. The van der Waals surface area contributed by atoms with E-state index >= 15 is 0 Å². The molecule has 1 heterocycles. The Labute approximate surface area is 127 Å². The van der Waals surface area contributed by atoms with Crippen molar-refractivity contribution >= 4 is 11.6 Å². The van der Waals surface area contributed by atoms with Crippen LogP contribution in [0, 0.1) is 18.6 Å². The molecule has 6 heteroatoms. The number of likely N-dealkylation sites (N-methyl/N-ethyl adjacent to an activating group) is 1. The standard InChI is InChI=1S/C15H18ClF2N3/c1-9-12(15(16)21(3)20-9)8-11(19-2)6-10-4-5-13(17)14(18)7-10/h4-5,7,11,19H,6,8H2,1-3H3. The molecule has 1 atom stereocenters. The first-order chi connectivity index (χ1) is 9.92. The average molecular weight is 314 g/mol. The Morgan fingerprint density at radius 1 is 1.29 bits per heavy atom. The van der Waals surface area contributed by atoms with Crippen LogP contribution in [-0.4, -0.2) is 22.9 Å². The molecule has 1 aromatic heterocycles. The number of benzene rings is 1. The van der Waals surface area contributed by atoms with Gasteiger partial charge in [-0.25, -0.2) is 8.78 Å². The molecule has 0 aliphatic heterocycles. The number of rotatable bonds is 5. The summed E-state index contributed by atoms with van der Waals surface area (Å²) in [5.41, 5.74) is 2.60. The van der Waals surface area contributed by atoms with E-state index < -0.39 is 11.6 Å². The minimum atomic E-state index is -0.828. The highest BCUT2D eigenvalue weighted by molar-refractivity contribution is 6.30. The van der Waals surface area contributed by atoms with E-state index in [2.05, 4.69) is 10.4 Å². The van der Waals surface area contributed by atoms with E-state index in [9.17, 15) is 8.78 Å². The van der Waals surface area contributed by atoms with Gasteiger partial charge in [-0.2, -0.15) is 5.10 Å². The predicted octanol–water partition coefficient (Wildman–Crippen LogP) is 3.03. The Hall–Kier alpha value is -1.46. The maximum atomic E-state index is 13.3. The lowest BCUT2D eigenvalue weighted by Crippen LogP contribution is -2.30. The summed E-state index contributed by atoms with van der Waals surface area (Å²) in [7, 11) is 3.63. The molecular formula is C15H18ClF2N3. The van der Waals surface area contributed by atoms with Crippen LogP contribution in [0.5, 0.6) is 0 Å². The fourth-order valence-corrected chi connectivity index (χ4v) is 2.63. The molecule has 0 spiro atoms. The Morgan fingerprint density at radius 2 is 2.00 bits per heavy atom. The van der Waals surface area contributed by atoms with Crippen molar-refractivity contribution in [1.29, 1.82) is 0 Å². The first kappa shape index (κ1) is 15.9.